The number of thiocarbonyl (C=S) groups is 1. The highest BCUT2D eigenvalue weighted by molar-refractivity contribution is 8.00. The van der Waals surface area contributed by atoms with Crippen LogP contribution in [0, 0.1) is 0 Å². The normalized spacial score (nSPS) is 17.7. The minimum atomic E-state index is -0.640. The number of ether oxygens (including phenoxy) is 2. The quantitative estimate of drug-likeness (QED) is 0.0995. The maximum absolute atomic E-state index is 14.0. The fourth-order valence-electron chi connectivity index (χ4n) is 5.47. The van der Waals surface area contributed by atoms with Crippen LogP contribution in [0.5, 0.6) is 0 Å². The SMILES string of the molecule is CC(C)(C)OC(=O)NCCSCc1c(C2=C(C(=S)OC(c3ccccc3)c3ccccc3)N3C(=O)[C@@H](N)[C@H]3SC2)sc2ccsc2c1=O. The van der Waals surface area contributed by atoms with Gasteiger partial charge in [-0.2, -0.15) is 11.8 Å². The van der Waals surface area contributed by atoms with Crippen LogP contribution in [-0.2, 0) is 20.0 Å². The van der Waals surface area contributed by atoms with Crippen LogP contribution in [0.15, 0.2) is 82.6 Å². The van der Waals surface area contributed by atoms with Gasteiger partial charge in [0.05, 0.1) is 4.70 Å². The van der Waals surface area contributed by atoms with Gasteiger partial charge in [0.25, 0.3) is 0 Å². The maximum Gasteiger partial charge on any atom is 0.407 e. The second kappa shape index (κ2) is 14.7. The third-order valence-electron chi connectivity index (χ3n) is 7.66. The lowest BCUT2D eigenvalue weighted by atomic mass is 10.0. The number of alkyl carbamates (subject to hydrolysis) is 1. The monoisotopic (exact) mass is 737 g/mol. The first-order valence-corrected chi connectivity index (χ1v) is 19.7. The van der Waals surface area contributed by atoms with E-state index in [0.717, 1.165) is 26.3 Å². The van der Waals surface area contributed by atoms with Gasteiger partial charge in [-0.05, 0) is 55.6 Å². The summed E-state index contributed by atoms with van der Waals surface area (Å²) in [7, 11) is 0. The largest absolute Gasteiger partial charge is 0.469 e. The standard InChI is InChI=1S/C35H35N3O5S5/c1-35(2,3)43-34(41)37-15-17-45-18-23-27(39)30-24(14-16-46-30)48-29(23)22-19-47-32-25(36)31(40)38(32)26(22)33(44)42-28(20-10-6-4-7-11-20)21-12-8-5-9-13-21/h4-14,16,25,28,32H,15,17-19,36H2,1-3H3,(H,37,41)/t25-,32-/m1/s1. The molecule has 0 radical (unpaired) electrons. The smallest absolute Gasteiger partial charge is 0.407 e. The third kappa shape index (κ3) is 7.36. The van der Waals surface area contributed by atoms with Crippen molar-refractivity contribution < 1.29 is 19.1 Å². The number of thiophene rings is 1. The van der Waals surface area contributed by atoms with Gasteiger partial charge in [0.1, 0.15) is 28.8 Å². The molecule has 4 aromatic rings. The van der Waals surface area contributed by atoms with E-state index < -0.39 is 23.8 Å². The van der Waals surface area contributed by atoms with Crippen LogP contribution in [0.2, 0.25) is 0 Å². The molecule has 0 saturated carbocycles. The Morgan fingerprint density at radius 2 is 1.75 bits per heavy atom. The summed E-state index contributed by atoms with van der Waals surface area (Å²) in [4.78, 5) is 41.9. The number of hydrogen-bond acceptors (Lipinski definition) is 11. The van der Waals surface area contributed by atoms with Gasteiger partial charge >= 0.3 is 6.09 Å². The molecule has 6 rings (SSSR count). The summed E-state index contributed by atoms with van der Waals surface area (Å²) < 4.78 is 13.6. The van der Waals surface area contributed by atoms with Gasteiger partial charge in [0, 0.05) is 44.5 Å². The first-order chi connectivity index (χ1) is 23.0. The minimum absolute atomic E-state index is 0.0368. The van der Waals surface area contributed by atoms with Crippen molar-refractivity contribution in [2.45, 2.75) is 49.6 Å². The predicted molar refractivity (Wildman–Crippen MR) is 203 cm³/mol. The Balaban J connectivity index is 1.36. The molecule has 2 atom stereocenters. The van der Waals surface area contributed by atoms with Crippen molar-refractivity contribution in [1.82, 2.24) is 10.2 Å². The molecule has 2 aliphatic rings. The number of benzene rings is 2. The molecule has 2 amide bonds. The molecule has 1 fully saturated rings. The highest BCUT2D eigenvalue weighted by Gasteiger charge is 2.52. The lowest BCUT2D eigenvalue weighted by Gasteiger charge is -2.49. The highest BCUT2D eigenvalue weighted by Crippen LogP contribution is 2.46. The van der Waals surface area contributed by atoms with E-state index in [1.54, 1.807) is 28.4 Å². The summed E-state index contributed by atoms with van der Waals surface area (Å²) in [6, 6.07) is 21.0. The van der Waals surface area contributed by atoms with Gasteiger partial charge in [-0.15, -0.1) is 34.4 Å². The number of fused-ring (bicyclic) bond motifs is 2. The van der Waals surface area contributed by atoms with Crippen LogP contribution in [0.1, 0.15) is 48.4 Å². The van der Waals surface area contributed by atoms with E-state index in [1.165, 1.54) is 22.7 Å². The van der Waals surface area contributed by atoms with E-state index >= 15 is 0 Å². The zero-order valence-electron chi connectivity index (χ0n) is 26.6. The van der Waals surface area contributed by atoms with Crippen molar-refractivity contribution in [2.24, 2.45) is 5.73 Å². The number of nitrogens with zero attached hydrogens (tertiary/aromatic N) is 1. The van der Waals surface area contributed by atoms with E-state index in [9.17, 15) is 14.4 Å². The Kier molecular flexibility index (Phi) is 10.6. The maximum atomic E-state index is 14.0. The lowest BCUT2D eigenvalue weighted by Crippen LogP contribution is -2.68. The minimum Gasteiger partial charge on any atom is -0.469 e. The summed E-state index contributed by atoms with van der Waals surface area (Å²) in [5.41, 5.74) is 9.42. The van der Waals surface area contributed by atoms with Crippen molar-refractivity contribution in [3.05, 3.63) is 110 Å². The van der Waals surface area contributed by atoms with Gasteiger partial charge in [0.15, 0.2) is 0 Å². The second-order valence-corrected chi connectivity index (χ2v) is 16.8. The van der Waals surface area contributed by atoms with E-state index in [-0.39, 0.29) is 21.8 Å². The molecule has 13 heteroatoms. The Morgan fingerprint density at radius 1 is 1.08 bits per heavy atom. The molecule has 1 saturated heterocycles. The van der Waals surface area contributed by atoms with Crippen molar-refractivity contribution in [1.29, 1.82) is 0 Å². The van der Waals surface area contributed by atoms with Gasteiger partial charge in [0.2, 0.25) is 16.4 Å². The van der Waals surface area contributed by atoms with Crippen LogP contribution >= 0.6 is 58.4 Å². The zero-order valence-corrected chi connectivity index (χ0v) is 30.7. The molecule has 2 aromatic carbocycles. The summed E-state index contributed by atoms with van der Waals surface area (Å²) in [5, 5.41) is 4.61. The number of thioether (sulfide) groups is 2. The van der Waals surface area contributed by atoms with Crippen LogP contribution in [0.25, 0.3) is 15.0 Å². The average Bonchev–Trinajstić information content (AvgIpc) is 3.56. The number of β-lactam (4-membered cyclic amide) rings is 1. The first kappa shape index (κ1) is 34.7. The Morgan fingerprint density at radius 3 is 2.40 bits per heavy atom. The number of nitrogens with two attached hydrogens (primary N) is 1. The fourth-order valence-corrected chi connectivity index (χ4v) is 10.4. The molecule has 0 spiro atoms. The number of rotatable bonds is 10. The summed E-state index contributed by atoms with van der Waals surface area (Å²) in [6.07, 6.45) is -0.994. The van der Waals surface area contributed by atoms with E-state index in [2.05, 4.69) is 5.32 Å². The van der Waals surface area contributed by atoms with Gasteiger partial charge < -0.3 is 20.5 Å². The fraction of sp³-hybridized carbons (Fsp3) is 0.314. The average molecular weight is 738 g/mol. The van der Waals surface area contributed by atoms with Gasteiger partial charge in [-0.25, -0.2) is 4.79 Å². The van der Waals surface area contributed by atoms with Crippen molar-refractivity contribution >= 4 is 90.4 Å². The van der Waals surface area contributed by atoms with Crippen LogP contribution in [0.4, 0.5) is 4.79 Å². The lowest BCUT2D eigenvalue weighted by molar-refractivity contribution is -0.140. The Bertz CT molecular complexity index is 1880. The van der Waals surface area contributed by atoms with Gasteiger partial charge in [-0.1, -0.05) is 60.7 Å². The summed E-state index contributed by atoms with van der Waals surface area (Å²) >= 11 is 12.1. The molecular weight excluding hydrogens is 703 g/mol. The Hall–Kier alpha value is -3.20. The number of hydrogen-bond donors (Lipinski definition) is 2. The number of carbonyl (C=O) groups excluding carboxylic acids is 2. The van der Waals surface area contributed by atoms with Gasteiger partial charge in [-0.3, -0.25) is 14.5 Å². The van der Waals surface area contributed by atoms with E-state index in [0.29, 0.717) is 39.8 Å². The first-order valence-electron chi connectivity index (χ1n) is 15.4. The molecule has 2 aromatic heterocycles. The number of amides is 2. The highest BCUT2D eigenvalue weighted by atomic mass is 32.2. The summed E-state index contributed by atoms with van der Waals surface area (Å²) in [6.45, 7) is 5.84. The van der Waals surface area contributed by atoms with Crippen LogP contribution in [-0.4, -0.2) is 57.0 Å². The van der Waals surface area contributed by atoms with Crippen LogP contribution in [0.3, 0.4) is 0 Å². The molecule has 3 N–H and O–H groups in total. The molecule has 250 valence electrons. The van der Waals surface area contributed by atoms with Crippen molar-refractivity contribution in [3.63, 3.8) is 0 Å². The third-order valence-corrected chi connectivity index (χ3v) is 12.5. The number of nitrogens with one attached hydrogen (secondary N) is 1. The topological polar surface area (TPSA) is 111 Å². The molecule has 48 heavy (non-hydrogen) atoms. The Labute approximate surface area is 301 Å². The molecule has 8 nitrogen and oxygen atoms in total. The van der Waals surface area contributed by atoms with Crippen LogP contribution < -0.4 is 16.5 Å². The molecular formula is C35H35N3O5S5. The van der Waals surface area contributed by atoms with E-state index in [1.807, 2.05) is 92.9 Å². The molecule has 2 aliphatic heterocycles. The van der Waals surface area contributed by atoms with E-state index in [4.69, 9.17) is 27.4 Å². The molecule has 0 bridgehead atoms. The summed E-state index contributed by atoms with van der Waals surface area (Å²) in [5.74, 6) is 1.27. The molecule has 0 unspecified atom stereocenters. The van der Waals surface area contributed by atoms with Crippen molar-refractivity contribution in [3.8, 4) is 0 Å². The van der Waals surface area contributed by atoms with Crippen molar-refractivity contribution in [2.75, 3.05) is 18.1 Å². The zero-order chi connectivity index (χ0) is 34.0. The molecule has 4 heterocycles. The predicted octanol–water partition coefficient (Wildman–Crippen LogP) is 7.17. The second-order valence-electron chi connectivity index (χ2n) is 12.2. The number of carbonyl (C=O) groups is 2. The molecule has 0 aliphatic carbocycles.